The highest BCUT2D eigenvalue weighted by Crippen LogP contribution is 2.46. The van der Waals surface area contributed by atoms with Crippen molar-refractivity contribution in [2.45, 2.75) is 37.1 Å². The van der Waals surface area contributed by atoms with Gasteiger partial charge in [0.05, 0.1) is 0 Å². The van der Waals surface area contributed by atoms with E-state index in [0.29, 0.717) is 24.0 Å². The zero-order chi connectivity index (χ0) is 25.5. The Kier molecular flexibility index (Phi) is 6.14. The number of nitrogens with zero attached hydrogens (tertiary/aromatic N) is 2. The maximum atomic E-state index is 12.7. The van der Waals surface area contributed by atoms with E-state index >= 15 is 0 Å². The minimum Gasteiger partial charge on any atom is -0.303 e. The third-order valence-corrected chi connectivity index (χ3v) is 9.62. The molecule has 2 fully saturated rings. The third-order valence-electron chi connectivity index (χ3n) is 9.62. The van der Waals surface area contributed by atoms with Gasteiger partial charge in [-0.25, -0.2) is 0 Å². The Hall–Kier alpha value is -3.27. The lowest BCUT2D eigenvalue weighted by Gasteiger charge is -2.41. The number of ketones is 1. The molecule has 1 spiro atoms. The molecule has 4 aromatic rings. The minimum atomic E-state index is 0.0685. The van der Waals surface area contributed by atoms with Gasteiger partial charge in [0.15, 0.2) is 5.78 Å². The van der Waals surface area contributed by atoms with Crippen molar-refractivity contribution in [1.29, 1.82) is 0 Å². The largest absolute Gasteiger partial charge is 0.303 e. The normalized spacial score (nSPS) is 23.3. The molecule has 2 heterocycles. The summed E-state index contributed by atoms with van der Waals surface area (Å²) in [4.78, 5) is 18.1. The quantitative estimate of drug-likeness (QED) is 0.306. The first-order chi connectivity index (χ1) is 18.7. The SMILES string of the molecule is O=C1CC2(CCN(C[C@H]3CN(Cc4cccc5ccccc45)C[C@@H]3c3ccccc3)CC2)c2ccccc21. The second-order valence-electron chi connectivity index (χ2n) is 11.8. The standard InChI is InChI=1S/C35H36N2O/c38-34-21-35(33-16-7-6-15-31(33)34)17-19-36(20-18-35)23-29-24-37(25-32(29)27-9-2-1-3-10-27)22-28-13-8-12-26-11-4-5-14-30(26)28/h1-16,29,32H,17-25H2/t29-,32+/m0/s1. The Bertz CT molecular complexity index is 1450. The molecular formula is C35H36N2O. The van der Waals surface area contributed by atoms with E-state index in [-0.39, 0.29) is 5.41 Å². The summed E-state index contributed by atoms with van der Waals surface area (Å²) in [6.45, 7) is 6.55. The van der Waals surface area contributed by atoms with E-state index in [2.05, 4.69) is 94.7 Å². The minimum absolute atomic E-state index is 0.0685. The highest BCUT2D eigenvalue weighted by molar-refractivity contribution is 6.02. The molecule has 2 aliphatic heterocycles. The topological polar surface area (TPSA) is 23.6 Å². The van der Waals surface area contributed by atoms with Crippen LogP contribution in [0.1, 0.15) is 52.2 Å². The van der Waals surface area contributed by atoms with Crippen LogP contribution in [-0.4, -0.2) is 48.3 Å². The predicted octanol–water partition coefficient (Wildman–Crippen LogP) is 6.68. The molecule has 0 radical (unpaired) electrons. The number of benzene rings is 4. The molecule has 7 rings (SSSR count). The number of carbonyl (C=O) groups excluding carboxylic acids is 1. The van der Waals surface area contributed by atoms with E-state index in [9.17, 15) is 4.79 Å². The summed E-state index contributed by atoms with van der Waals surface area (Å²) < 4.78 is 0. The predicted molar refractivity (Wildman–Crippen MR) is 155 cm³/mol. The van der Waals surface area contributed by atoms with Gasteiger partial charge in [0.2, 0.25) is 0 Å². The molecule has 0 amide bonds. The van der Waals surface area contributed by atoms with Crippen molar-refractivity contribution in [3.63, 3.8) is 0 Å². The summed E-state index contributed by atoms with van der Waals surface area (Å²) in [6, 6.07) is 35.0. The van der Waals surface area contributed by atoms with Crippen LogP contribution in [-0.2, 0) is 12.0 Å². The summed E-state index contributed by atoms with van der Waals surface area (Å²) in [5.41, 5.74) is 5.26. The maximum absolute atomic E-state index is 12.7. The van der Waals surface area contributed by atoms with Crippen molar-refractivity contribution in [3.05, 3.63) is 119 Å². The van der Waals surface area contributed by atoms with Crippen LogP contribution >= 0.6 is 0 Å². The second-order valence-corrected chi connectivity index (χ2v) is 11.8. The van der Waals surface area contributed by atoms with E-state index in [1.165, 1.54) is 27.5 Å². The van der Waals surface area contributed by atoms with Gasteiger partial charge in [-0.05, 0) is 59.3 Å². The second kappa shape index (κ2) is 9.80. The number of rotatable bonds is 5. The van der Waals surface area contributed by atoms with Gasteiger partial charge in [-0.3, -0.25) is 9.69 Å². The van der Waals surface area contributed by atoms with Crippen molar-refractivity contribution in [1.82, 2.24) is 9.80 Å². The Morgan fingerprint density at radius 2 is 1.47 bits per heavy atom. The number of Topliss-reactive ketones (excluding diaryl/α,β-unsaturated/α-hetero) is 1. The van der Waals surface area contributed by atoms with Gasteiger partial charge in [0.25, 0.3) is 0 Å². The van der Waals surface area contributed by atoms with Crippen molar-refractivity contribution < 1.29 is 4.79 Å². The van der Waals surface area contributed by atoms with E-state index in [4.69, 9.17) is 0 Å². The fourth-order valence-corrected chi connectivity index (χ4v) is 7.65. The smallest absolute Gasteiger partial charge is 0.164 e. The number of piperidine rings is 1. The van der Waals surface area contributed by atoms with Gasteiger partial charge in [-0.2, -0.15) is 0 Å². The van der Waals surface area contributed by atoms with Crippen LogP contribution in [0.15, 0.2) is 97.1 Å². The number of likely N-dealkylation sites (tertiary alicyclic amines) is 2. The number of hydrogen-bond acceptors (Lipinski definition) is 3. The molecule has 3 nitrogen and oxygen atoms in total. The zero-order valence-corrected chi connectivity index (χ0v) is 22.1. The monoisotopic (exact) mass is 500 g/mol. The van der Waals surface area contributed by atoms with Gasteiger partial charge in [-0.15, -0.1) is 0 Å². The molecule has 3 heteroatoms. The molecule has 0 bridgehead atoms. The molecule has 4 aromatic carbocycles. The lowest BCUT2D eigenvalue weighted by molar-refractivity contribution is 0.0922. The highest BCUT2D eigenvalue weighted by Gasteiger charge is 2.45. The first-order valence-electron chi connectivity index (χ1n) is 14.3. The van der Waals surface area contributed by atoms with Gasteiger partial charge in [0.1, 0.15) is 0 Å². The zero-order valence-electron chi connectivity index (χ0n) is 22.1. The summed E-state index contributed by atoms with van der Waals surface area (Å²) in [5.74, 6) is 1.51. The van der Waals surface area contributed by atoms with E-state index in [1.807, 2.05) is 12.1 Å². The molecule has 2 saturated heterocycles. The molecule has 0 N–H and O–H groups in total. The van der Waals surface area contributed by atoms with E-state index < -0.39 is 0 Å². The third kappa shape index (κ3) is 4.28. The van der Waals surface area contributed by atoms with Gasteiger partial charge in [-0.1, -0.05) is 97.1 Å². The van der Waals surface area contributed by atoms with Gasteiger partial charge < -0.3 is 4.90 Å². The van der Waals surface area contributed by atoms with Crippen LogP contribution in [0.4, 0.5) is 0 Å². The van der Waals surface area contributed by atoms with E-state index in [0.717, 1.165) is 57.7 Å². The number of fused-ring (bicyclic) bond motifs is 3. The fraction of sp³-hybridized carbons (Fsp3) is 0.343. The summed E-state index contributed by atoms with van der Waals surface area (Å²) >= 11 is 0. The molecule has 0 saturated carbocycles. The first kappa shape index (κ1) is 23.8. The molecule has 0 unspecified atom stereocenters. The summed E-state index contributed by atoms with van der Waals surface area (Å²) in [5, 5.41) is 2.71. The first-order valence-corrected chi connectivity index (χ1v) is 14.3. The van der Waals surface area contributed by atoms with Crippen LogP contribution in [0.25, 0.3) is 10.8 Å². The summed E-state index contributed by atoms with van der Waals surface area (Å²) in [6.07, 6.45) is 2.89. The van der Waals surface area contributed by atoms with Crippen molar-refractivity contribution in [3.8, 4) is 0 Å². The number of hydrogen-bond donors (Lipinski definition) is 0. The van der Waals surface area contributed by atoms with Crippen LogP contribution in [0, 0.1) is 5.92 Å². The molecular weight excluding hydrogens is 464 g/mol. The Morgan fingerprint density at radius 1 is 0.737 bits per heavy atom. The molecule has 192 valence electrons. The van der Waals surface area contributed by atoms with Crippen LogP contribution in [0.2, 0.25) is 0 Å². The Balaban J connectivity index is 1.08. The average molecular weight is 501 g/mol. The van der Waals surface area contributed by atoms with Gasteiger partial charge >= 0.3 is 0 Å². The number of carbonyl (C=O) groups is 1. The van der Waals surface area contributed by atoms with E-state index in [1.54, 1.807) is 0 Å². The average Bonchev–Trinajstić information content (AvgIpc) is 3.48. The van der Waals surface area contributed by atoms with Crippen LogP contribution in [0.3, 0.4) is 0 Å². The van der Waals surface area contributed by atoms with Crippen molar-refractivity contribution in [2.24, 2.45) is 5.92 Å². The van der Waals surface area contributed by atoms with Crippen molar-refractivity contribution >= 4 is 16.6 Å². The highest BCUT2D eigenvalue weighted by atomic mass is 16.1. The molecule has 2 atom stereocenters. The van der Waals surface area contributed by atoms with Gasteiger partial charge in [0, 0.05) is 49.5 Å². The fourth-order valence-electron chi connectivity index (χ4n) is 7.65. The molecule has 3 aliphatic rings. The molecule has 38 heavy (non-hydrogen) atoms. The lowest BCUT2D eigenvalue weighted by Crippen LogP contribution is -2.44. The molecule has 1 aliphatic carbocycles. The van der Waals surface area contributed by atoms with Crippen molar-refractivity contribution in [2.75, 3.05) is 32.7 Å². The maximum Gasteiger partial charge on any atom is 0.164 e. The lowest BCUT2D eigenvalue weighted by atomic mass is 9.73. The van der Waals surface area contributed by atoms with Crippen LogP contribution < -0.4 is 0 Å². The molecule has 0 aromatic heterocycles. The Morgan fingerprint density at radius 3 is 2.34 bits per heavy atom. The Labute approximate surface area is 226 Å². The van der Waals surface area contributed by atoms with Crippen LogP contribution in [0.5, 0.6) is 0 Å². The summed E-state index contributed by atoms with van der Waals surface area (Å²) in [7, 11) is 0.